The fraction of sp³-hybridized carbons (Fsp3) is 0. The molecule has 7 aromatic carbocycles. The first-order chi connectivity index (χ1) is 28.2. The molecule has 0 N–H and O–H groups in total. The van der Waals surface area contributed by atoms with Gasteiger partial charge in [-0.05, 0) is 30.3 Å². The van der Waals surface area contributed by atoms with Crippen LogP contribution in [0.5, 0.6) is 0 Å². The summed E-state index contributed by atoms with van der Waals surface area (Å²) >= 11 is 0. The molecule has 0 spiro atoms. The largest absolute Gasteiger partial charge is 0.456 e. The van der Waals surface area contributed by atoms with Gasteiger partial charge >= 0.3 is 0 Å². The van der Waals surface area contributed by atoms with Gasteiger partial charge in [-0.3, -0.25) is 4.57 Å². The molecule has 8 heteroatoms. The van der Waals surface area contributed by atoms with Gasteiger partial charge in [0.15, 0.2) is 23.1 Å². The summed E-state index contributed by atoms with van der Waals surface area (Å²) in [6.45, 7) is 0. The molecule has 0 atom stereocenters. The van der Waals surface area contributed by atoms with Crippen LogP contribution in [0.1, 0.15) is 0 Å². The molecule has 0 unspecified atom stereocenters. The van der Waals surface area contributed by atoms with Crippen LogP contribution in [0, 0.1) is 0 Å². The van der Waals surface area contributed by atoms with Crippen LogP contribution in [0.2, 0.25) is 0 Å². The van der Waals surface area contributed by atoms with Crippen LogP contribution in [-0.4, -0.2) is 29.5 Å². The predicted octanol–water partition coefficient (Wildman–Crippen LogP) is 12.2. The summed E-state index contributed by atoms with van der Waals surface area (Å²) < 4.78 is 15.3. The fourth-order valence-electron chi connectivity index (χ4n) is 8.09. The molecule has 0 aliphatic carbocycles. The number of hydrogen-bond acceptors (Lipinski definition) is 7. The van der Waals surface area contributed by atoms with E-state index in [-0.39, 0.29) is 0 Å². The van der Waals surface area contributed by atoms with Crippen molar-refractivity contribution in [1.82, 2.24) is 29.5 Å². The summed E-state index contributed by atoms with van der Waals surface area (Å²) in [5, 5.41) is 4.89. The third-order valence-electron chi connectivity index (χ3n) is 10.7. The number of benzene rings is 7. The number of hydrogen-bond donors (Lipinski definition) is 0. The lowest BCUT2D eigenvalue weighted by molar-refractivity contribution is 0.667. The van der Waals surface area contributed by atoms with Crippen LogP contribution in [0.25, 0.3) is 117 Å². The Morgan fingerprint density at radius 1 is 0.386 bits per heavy atom. The average molecular weight is 733 g/mol. The second kappa shape index (κ2) is 12.3. The molecule has 0 saturated heterocycles. The van der Waals surface area contributed by atoms with Gasteiger partial charge < -0.3 is 8.83 Å². The molecule has 0 aliphatic heterocycles. The zero-order chi connectivity index (χ0) is 37.5. The van der Waals surface area contributed by atoms with Crippen molar-refractivity contribution in [2.75, 3.05) is 0 Å². The fourth-order valence-corrected chi connectivity index (χ4v) is 8.09. The van der Waals surface area contributed by atoms with Crippen molar-refractivity contribution >= 4 is 65.8 Å². The van der Waals surface area contributed by atoms with E-state index >= 15 is 0 Å². The molecule has 0 fully saturated rings. The van der Waals surface area contributed by atoms with E-state index in [0.29, 0.717) is 45.8 Å². The molecular weight excluding hydrogens is 705 g/mol. The third-order valence-corrected chi connectivity index (χ3v) is 10.7. The number of nitrogens with zero attached hydrogens (tertiary/aromatic N) is 6. The van der Waals surface area contributed by atoms with Gasteiger partial charge in [0, 0.05) is 49.2 Å². The quantitative estimate of drug-likeness (QED) is 0.174. The smallest absolute Gasteiger partial charge is 0.238 e. The highest BCUT2D eigenvalue weighted by molar-refractivity contribution is 6.19. The lowest BCUT2D eigenvalue weighted by atomic mass is 10.0. The molecule has 0 bridgehead atoms. The van der Waals surface area contributed by atoms with E-state index in [2.05, 4.69) is 47.0 Å². The first-order valence-electron chi connectivity index (χ1n) is 18.8. The van der Waals surface area contributed by atoms with Crippen molar-refractivity contribution in [3.05, 3.63) is 170 Å². The summed E-state index contributed by atoms with van der Waals surface area (Å²) in [7, 11) is 0. The number of aromatic nitrogens is 6. The van der Waals surface area contributed by atoms with E-state index in [1.807, 2.05) is 127 Å². The topological polar surface area (TPSA) is 95.7 Å². The zero-order valence-electron chi connectivity index (χ0n) is 30.2. The van der Waals surface area contributed by atoms with Crippen LogP contribution >= 0.6 is 0 Å². The van der Waals surface area contributed by atoms with E-state index in [9.17, 15) is 0 Å². The van der Waals surface area contributed by atoms with Gasteiger partial charge in [0.25, 0.3) is 0 Å². The maximum absolute atomic E-state index is 6.89. The van der Waals surface area contributed by atoms with E-state index < -0.39 is 0 Å². The standard InChI is InChI=1S/C49H28N6O2/c1-4-15-29(16-5-1)46-50-43(34-23-14-26-40-42(34)33-22-11-13-25-39(33)56-40)45-44(51-46)36-27-38-35(28-41(36)57-45)32-21-10-12-24-37(32)55(38)49-53-47(30-17-6-2-7-18-30)52-48(54-49)31-19-8-3-9-20-31/h1-28H. The van der Waals surface area contributed by atoms with Crippen molar-refractivity contribution in [3.8, 4) is 51.4 Å². The average Bonchev–Trinajstić information content (AvgIpc) is 3.95. The summed E-state index contributed by atoms with van der Waals surface area (Å²) in [5.74, 6) is 2.29. The third kappa shape index (κ3) is 4.91. The minimum absolute atomic E-state index is 0.514. The highest BCUT2D eigenvalue weighted by Crippen LogP contribution is 2.43. The van der Waals surface area contributed by atoms with E-state index in [1.165, 1.54) is 0 Å². The summed E-state index contributed by atoms with van der Waals surface area (Å²) in [5.41, 5.74) is 9.82. The first-order valence-corrected chi connectivity index (χ1v) is 18.8. The Morgan fingerprint density at radius 3 is 1.68 bits per heavy atom. The second-order valence-electron chi connectivity index (χ2n) is 14.1. The monoisotopic (exact) mass is 732 g/mol. The molecule has 0 aliphatic rings. The summed E-state index contributed by atoms with van der Waals surface area (Å²) in [6.07, 6.45) is 0. The molecule has 0 radical (unpaired) electrons. The maximum atomic E-state index is 6.89. The SMILES string of the molecule is c1ccc(-c2nc(-c3ccccc3)nc(-n3c4ccccc4c4cc5oc6c(-c7cccc8oc9ccccc9c78)nc(-c7ccccc7)nc6c5cc43)n2)cc1. The molecule has 8 nitrogen and oxygen atoms in total. The minimum atomic E-state index is 0.514. The number of rotatable bonds is 5. The van der Waals surface area contributed by atoms with Crippen molar-refractivity contribution in [2.45, 2.75) is 0 Å². The van der Waals surface area contributed by atoms with Gasteiger partial charge in [-0.25, -0.2) is 15.0 Å². The Morgan fingerprint density at radius 2 is 0.982 bits per heavy atom. The maximum Gasteiger partial charge on any atom is 0.238 e. The van der Waals surface area contributed by atoms with Gasteiger partial charge in [0.05, 0.1) is 11.0 Å². The summed E-state index contributed by atoms with van der Waals surface area (Å²) in [4.78, 5) is 25.7. The predicted molar refractivity (Wildman–Crippen MR) is 226 cm³/mol. The van der Waals surface area contributed by atoms with Crippen LogP contribution in [-0.2, 0) is 0 Å². The lowest BCUT2D eigenvalue weighted by Crippen LogP contribution is -2.06. The lowest BCUT2D eigenvalue weighted by Gasteiger charge is -2.11. The van der Waals surface area contributed by atoms with E-state index in [1.54, 1.807) is 0 Å². The first kappa shape index (κ1) is 31.4. The molecule has 57 heavy (non-hydrogen) atoms. The van der Waals surface area contributed by atoms with Crippen molar-refractivity contribution in [1.29, 1.82) is 0 Å². The minimum Gasteiger partial charge on any atom is -0.456 e. The second-order valence-corrected chi connectivity index (χ2v) is 14.1. The normalized spacial score (nSPS) is 11.9. The van der Waals surface area contributed by atoms with Gasteiger partial charge in [-0.15, -0.1) is 0 Å². The van der Waals surface area contributed by atoms with E-state index in [4.69, 9.17) is 33.8 Å². The Kier molecular flexibility index (Phi) is 6.76. The van der Waals surface area contributed by atoms with Gasteiger partial charge in [-0.1, -0.05) is 140 Å². The molecule has 0 amide bonds. The molecule has 5 heterocycles. The van der Waals surface area contributed by atoms with Crippen LogP contribution < -0.4 is 0 Å². The van der Waals surface area contributed by atoms with Crippen LogP contribution in [0.15, 0.2) is 179 Å². The van der Waals surface area contributed by atoms with Crippen LogP contribution in [0.3, 0.4) is 0 Å². The van der Waals surface area contributed by atoms with Crippen molar-refractivity contribution < 1.29 is 8.83 Å². The zero-order valence-corrected chi connectivity index (χ0v) is 30.2. The van der Waals surface area contributed by atoms with Gasteiger partial charge in [0.2, 0.25) is 5.95 Å². The van der Waals surface area contributed by atoms with Crippen LogP contribution in [0.4, 0.5) is 0 Å². The molecule has 266 valence electrons. The Balaban J connectivity index is 1.18. The summed E-state index contributed by atoms with van der Waals surface area (Å²) in [6, 6.07) is 56.9. The van der Waals surface area contributed by atoms with Crippen molar-refractivity contribution in [3.63, 3.8) is 0 Å². The Hall–Kier alpha value is -7.97. The Bertz CT molecular complexity index is 3460. The number of para-hydroxylation sites is 2. The highest BCUT2D eigenvalue weighted by Gasteiger charge is 2.24. The van der Waals surface area contributed by atoms with E-state index in [0.717, 1.165) is 71.4 Å². The van der Waals surface area contributed by atoms with Crippen molar-refractivity contribution in [2.24, 2.45) is 0 Å². The molecular formula is C49H28N6O2. The molecule has 12 aromatic rings. The van der Waals surface area contributed by atoms with Gasteiger partial charge in [-0.2, -0.15) is 9.97 Å². The molecule has 0 saturated carbocycles. The number of fused-ring (bicyclic) bond motifs is 9. The molecule has 12 rings (SSSR count). The highest BCUT2D eigenvalue weighted by atomic mass is 16.3. The van der Waals surface area contributed by atoms with Gasteiger partial charge in [0.1, 0.15) is 28.0 Å². The number of furan rings is 2. The molecule has 5 aromatic heterocycles. The Labute approximate surface area is 324 Å².